The summed E-state index contributed by atoms with van der Waals surface area (Å²) in [4.78, 5) is 24.7. The lowest BCUT2D eigenvalue weighted by molar-refractivity contribution is -0.144. The van der Waals surface area contributed by atoms with Crippen LogP contribution in [0.4, 0.5) is 10.5 Å². The van der Waals surface area contributed by atoms with Crippen LogP contribution in [0.2, 0.25) is 0 Å². The second-order valence-electron chi connectivity index (χ2n) is 5.59. The van der Waals surface area contributed by atoms with Crippen LogP contribution in [0, 0.1) is 5.92 Å². The maximum atomic E-state index is 12.1. The zero-order valence-electron chi connectivity index (χ0n) is 11.1. The SMILES string of the molecule is O=C(O)C1CCC2(CC1)CN(c1ccccc1)C(=O)O2. The molecule has 5 nitrogen and oxygen atoms in total. The number of rotatable bonds is 2. The van der Waals surface area contributed by atoms with Crippen molar-refractivity contribution in [2.45, 2.75) is 31.3 Å². The number of hydrogen-bond donors (Lipinski definition) is 1. The number of hydrogen-bond acceptors (Lipinski definition) is 3. The minimum atomic E-state index is -0.746. The molecule has 1 saturated carbocycles. The smallest absolute Gasteiger partial charge is 0.415 e. The van der Waals surface area contributed by atoms with Crippen LogP contribution in [0.25, 0.3) is 0 Å². The van der Waals surface area contributed by atoms with E-state index in [0.717, 1.165) is 5.69 Å². The lowest BCUT2D eigenvalue weighted by Crippen LogP contribution is -2.40. The molecule has 3 rings (SSSR count). The first-order valence-electron chi connectivity index (χ1n) is 6.88. The summed E-state index contributed by atoms with van der Waals surface area (Å²) in [5, 5.41) is 9.03. The molecular formula is C15H17NO4. The van der Waals surface area contributed by atoms with Gasteiger partial charge in [0.15, 0.2) is 0 Å². The van der Waals surface area contributed by atoms with Gasteiger partial charge in [-0.05, 0) is 37.8 Å². The molecule has 20 heavy (non-hydrogen) atoms. The number of carbonyl (C=O) groups excluding carboxylic acids is 1. The van der Waals surface area contributed by atoms with Crippen LogP contribution in [-0.2, 0) is 9.53 Å². The Bertz CT molecular complexity index is 520. The van der Waals surface area contributed by atoms with Crippen LogP contribution in [0.15, 0.2) is 30.3 Å². The van der Waals surface area contributed by atoms with Crippen LogP contribution < -0.4 is 4.90 Å². The highest BCUT2D eigenvalue weighted by atomic mass is 16.6. The molecule has 1 amide bonds. The van der Waals surface area contributed by atoms with E-state index in [-0.39, 0.29) is 12.0 Å². The highest BCUT2D eigenvalue weighted by Gasteiger charge is 2.48. The molecular weight excluding hydrogens is 258 g/mol. The Balaban J connectivity index is 1.73. The number of carboxylic acid groups (broad SMARTS) is 1. The van der Waals surface area contributed by atoms with Gasteiger partial charge in [-0.3, -0.25) is 9.69 Å². The van der Waals surface area contributed by atoms with E-state index in [2.05, 4.69) is 0 Å². The van der Waals surface area contributed by atoms with Crippen molar-refractivity contribution in [2.24, 2.45) is 5.92 Å². The van der Waals surface area contributed by atoms with Gasteiger partial charge < -0.3 is 9.84 Å². The van der Waals surface area contributed by atoms with E-state index in [0.29, 0.717) is 32.2 Å². The first-order valence-corrected chi connectivity index (χ1v) is 6.88. The number of aliphatic carboxylic acids is 1. The summed E-state index contributed by atoms with van der Waals surface area (Å²) in [6.07, 6.45) is 2.07. The van der Waals surface area contributed by atoms with Gasteiger partial charge >= 0.3 is 12.1 Å². The second-order valence-corrected chi connectivity index (χ2v) is 5.59. The summed E-state index contributed by atoms with van der Waals surface area (Å²) in [6.45, 7) is 0.516. The zero-order chi connectivity index (χ0) is 14.2. The van der Waals surface area contributed by atoms with E-state index in [1.165, 1.54) is 0 Å². The minimum absolute atomic E-state index is 0.301. The number of nitrogens with zero attached hydrogens (tertiary/aromatic N) is 1. The molecule has 0 bridgehead atoms. The average Bonchev–Trinajstić information content (AvgIpc) is 2.77. The number of amides is 1. The van der Waals surface area contributed by atoms with Crippen molar-refractivity contribution in [1.82, 2.24) is 0 Å². The molecule has 0 radical (unpaired) electrons. The number of carbonyl (C=O) groups is 2. The summed E-state index contributed by atoms with van der Waals surface area (Å²) in [6, 6.07) is 9.43. The van der Waals surface area contributed by atoms with Crippen LogP contribution >= 0.6 is 0 Å². The van der Waals surface area contributed by atoms with Crippen molar-refractivity contribution in [3.63, 3.8) is 0 Å². The number of ether oxygens (including phenoxy) is 1. The van der Waals surface area contributed by atoms with Crippen molar-refractivity contribution in [1.29, 1.82) is 0 Å². The Kier molecular flexibility index (Phi) is 3.12. The van der Waals surface area contributed by atoms with Gasteiger partial charge in [0.2, 0.25) is 0 Å². The van der Waals surface area contributed by atoms with Crippen molar-refractivity contribution < 1.29 is 19.4 Å². The Morgan fingerprint density at radius 2 is 1.90 bits per heavy atom. The molecule has 1 N–H and O–H groups in total. The Hall–Kier alpha value is -2.04. The van der Waals surface area contributed by atoms with Gasteiger partial charge in [-0.1, -0.05) is 18.2 Å². The van der Waals surface area contributed by atoms with Gasteiger partial charge in [-0.25, -0.2) is 4.79 Å². The van der Waals surface area contributed by atoms with Crippen molar-refractivity contribution in [3.8, 4) is 0 Å². The van der Waals surface area contributed by atoms with E-state index < -0.39 is 11.6 Å². The Morgan fingerprint density at radius 3 is 2.50 bits per heavy atom. The molecule has 0 unspecified atom stereocenters. The first-order chi connectivity index (χ1) is 9.60. The molecule has 106 valence electrons. The third-order valence-corrected chi connectivity index (χ3v) is 4.28. The van der Waals surface area contributed by atoms with Gasteiger partial charge in [0, 0.05) is 5.69 Å². The van der Waals surface area contributed by atoms with Gasteiger partial charge in [0.05, 0.1) is 12.5 Å². The molecule has 1 aliphatic heterocycles. The maximum absolute atomic E-state index is 12.1. The third kappa shape index (κ3) is 2.24. The molecule has 2 aliphatic rings. The maximum Gasteiger partial charge on any atom is 0.415 e. The van der Waals surface area contributed by atoms with E-state index in [1.54, 1.807) is 4.90 Å². The van der Waals surface area contributed by atoms with Gasteiger partial charge in [-0.15, -0.1) is 0 Å². The summed E-state index contributed by atoms with van der Waals surface area (Å²) in [7, 11) is 0. The highest BCUT2D eigenvalue weighted by Crippen LogP contribution is 2.40. The fourth-order valence-electron chi connectivity index (χ4n) is 3.08. The second kappa shape index (κ2) is 4.81. The van der Waals surface area contributed by atoms with E-state index in [1.807, 2.05) is 30.3 Å². The molecule has 0 atom stereocenters. The monoisotopic (exact) mass is 275 g/mol. The quantitative estimate of drug-likeness (QED) is 0.901. The molecule has 1 spiro atoms. The fourth-order valence-corrected chi connectivity index (χ4v) is 3.08. The van der Waals surface area contributed by atoms with Gasteiger partial charge in [-0.2, -0.15) is 0 Å². The molecule has 1 aliphatic carbocycles. The summed E-state index contributed by atoms with van der Waals surface area (Å²) < 4.78 is 5.58. The van der Waals surface area contributed by atoms with Crippen molar-refractivity contribution in [3.05, 3.63) is 30.3 Å². The van der Waals surface area contributed by atoms with Crippen LogP contribution in [-0.4, -0.2) is 29.3 Å². The number of carboxylic acids is 1. The van der Waals surface area contributed by atoms with Crippen LogP contribution in [0.1, 0.15) is 25.7 Å². The van der Waals surface area contributed by atoms with Gasteiger partial charge in [0.25, 0.3) is 0 Å². The third-order valence-electron chi connectivity index (χ3n) is 4.28. The van der Waals surface area contributed by atoms with Crippen molar-refractivity contribution >= 4 is 17.7 Å². The van der Waals surface area contributed by atoms with Crippen molar-refractivity contribution in [2.75, 3.05) is 11.4 Å². The molecule has 1 saturated heterocycles. The van der Waals surface area contributed by atoms with Crippen LogP contribution in [0.5, 0.6) is 0 Å². The predicted molar refractivity (Wildman–Crippen MR) is 72.6 cm³/mol. The molecule has 1 heterocycles. The largest absolute Gasteiger partial charge is 0.481 e. The molecule has 1 aromatic carbocycles. The minimum Gasteiger partial charge on any atom is -0.481 e. The number of anilines is 1. The lowest BCUT2D eigenvalue weighted by atomic mass is 9.79. The number of para-hydroxylation sites is 1. The molecule has 0 aromatic heterocycles. The first kappa shape index (κ1) is 13.0. The number of benzene rings is 1. The molecule has 2 fully saturated rings. The van der Waals surface area contributed by atoms with Gasteiger partial charge in [0.1, 0.15) is 5.60 Å². The normalized spacial score (nSPS) is 29.5. The van der Waals surface area contributed by atoms with E-state index in [9.17, 15) is 9.59 Å². The lowest BCUT2D eigenvalue weighted by Gasteiger charge is -2.33. The molecule has 5 heteroatoms. The molecule has 1 aromatic rings. The summed E-state index contributed by atoms with van der Waals surface area (Å²) >= 11 is 0. The van der Waals surface area contributed by atoms with E-state index in [4.69, 9.17) is 9.84 Å². The standard InChI is InChI=1S/C15H17NO4/c17-13(18)11-6-8-15(9-7-11)10-16(14(19)20-15)12-4-2-1-3-5-12/h1-5,11H,6-10H2,(H,17,18). The topological polar surface area (TPSA) is 66.8 Å². The zero-order valence-corrected chi connectivity index (χ0v) is 11.1. The summed E-state index contributed by atoms with van der Waals surface area (Å²) in [5.74, 6) is -1.05. The predicted octanol–water partition coefficient (Wildman–Crippen LogP) is 2.66. The Morgan fingerprint density at radius 1 is 1.25 bits per heavy atom. The van der Waals surface area contributed by atoms with Crippen LogP contribution in [0.3, 0.4) is 0 Å². The summed E-state index contributed by atoms with van der Waals surface area (Å²) in [5.41, 5.74) is 0.327. The fraction of sp³-hybridized carbons (Fsp3) is 0.467. The van der Waals surface area contributed by atoms with E-state index >= 15 is 0 Å². The average molecular weight is 275 g/mol. The highest BCUT2D eigenvalue weighted by molar-refractivity contribution is 5.90. The Labute approximate surface area is 117 Å².